The van der Waals surface area contributed by atoms with Crippen molar-refractivity contribution in [1.82, 2.24) is 0 Å². The van der Waals surface area contributed by atoms with E-state index in [2.05, 4.69) is 457 Å². The van der Waals surface area contributed by atoms with Gasteiger partial charge < -0.3 is 29.4 Å². The third kappa shape index (κ3) is 13.9. The first kappa shape index (κ1) is 77.3. The van der Waals surface area contributed by atoms with Gasteiger partial charge in [0.05, 0.1) is 22.7 Å². The molecule has 0 saturated heterocycles. The topological polar surface area (TPSA) is 19.4 Å². The lowest BCUT2D eigenvalue weighted by molar-refractivity contribution is 0.590. The van der Waals surface area contributed by atoms with Crippen LogP contribution in [0.4, 0.5) is 91.0 Å². The number of fused-ring (bicyclic) bond motifs is 12. The van der Waals surface area contributed by atoms with E-state index in [-0.39, 0.29) is 35.1 Å². The zero-order chi connectivity index (χ0) is 81.0. The maximum Gasteiger partial charge on any atom is 0.264 e. The molecule has 11 aromatic carbocycles. The van der Waals surface area contributed by atoms with Crippen LogP contribution in [0.1, 0.15) is 147 Å². The van der Waals surface area contributed by atoms with Crippen LogP contribution in [-0.2, 0) is 21.7 Å². The lowest BCUT2D eigenvalue weighted by Crippen LogP contribution is -2.64. The second kappa shape index (κ2) is 30.1. The number of benzene rings is 11. The number of hydrogen-bond donors (Lipinski definition) is 0. The molecule has 10 heteroatoms. The fourth-order valence-electron chi connectivity index (χ4n) is 17.7. The molecule has 0 aliphatic carbocycles. The molecular weight excluding hydrogens is 1440 g/mol. The molecule has 4 aliphatic heterocycles. The van der Waals surface area contributed by atoms with Crippen molar-refractivity contribution in [2.24, 2.45) is 11.8 Å². The second-order valence-electron chi connectivity index (χ2n) is 36.6. The standard InChI is InChI=1S/C106H106B2N6S2/c1-19-33-75(41-31-35-69(3)4)109(79-55-47-71(48-56-79)103(7,8)9)83-63-91-97-93(65-83)113(81-59-51-73(52-60-81)105(13,14)15)99-85-43-27-29-45-95(85)115-101(99)107(97)87-67-88-90(68-89(87)111(91)77-37-23-21-24-38-77)112(78-39-25-22-26-40-78)92-64-84(110(76(34-20-2)42-32-36-70(5)6)80-57-49-72(50-58-80)104(10,11)12)66-94-98(92)108(88)102-100(86-44-28-30-46-96(86)116-102)114(94)82-61-53-74(54-62-82)106(16,17)18/h19-70H,1-18H3/b33-19-,34-20-,35-31+,36-32+,75-41+,76-42+. The summed E-state index contributed by atoms with van der Waals surface area (Å²) in [4.78, 5) is 15.6. The molecule has 0 amide bonds. The Bertz CT molecular complexity index is 5740. The number of anilines is 16. The molecule has 0 radical (unpaired) electrons. The van der Waals surface area contributed by atoms with Crippen molar-refractivity contribution in [3.05, 3.63) is 337 Å². The van der Waals surface area contributed by atoms with Gasteiger partial charge in [-0.3, -0.25) is 0 Å². The first-order valence-electron chi connectivity index (χ1n) is 41.6. The Kier molecular flexibility index (Phi) is 20.0. The van der Waals surface area contributed by atoms with Crippen molar-refractivity contribution in [2.45, 2.75) is 146 Å². The van der Waals surface area contributed by atoms with Crippen LogP contribution in [-0.4, -0.2) is 13.4 Å². The molecule has 0 bridgehead atoms. The van der Waals surface area contributed by atoms with Crippen molar-refractivity contribution in [3.63, 3.8) is 0 Å². The minimum absolute atomic E-state index is 0.0561. The summed E-state index contributed by atoms with van der Waals surface area (Å²) in [6.07, 6.45) is 22.7. The van der Waals surface area contributed by atoms with Crippen molar-refractivity contribution < 1.29 is 0 Å². The van der Waals surface area contributed by atoms with E-state index in [0.717, 1.165) is 91.0 Å². The molecule has 0 fully saturated rings. The minimum Gasteiger partial charge on any atom is -0.311 e. The van der Waals surface area contributed by atoms with E-state index < -0.39 is 0 Å². The van der Waals surface area contributed by atoms with Crippen LogP contribution in [0.15, 0.2) is 315 Å². The quantitative estimate of drug-likeness (QED) is 0.0704. The molecule has 578 valence electrons. The average molecular weight is 1550 g/mol. The lowest BCUT2D eigenvalue weighted by Gasteiger charge is -2.47. The molecule has 0 N–H and O–H groups in total. The first-order valence-corrected chi connectivity index (χ1v) is 43.2. The van der Waals surface area contributed by atoms with Gasteiger partial charge in [-0.15, -0.1) is 22.7 Å². The predicted octanol–water partition coefficient (Wildman–Crippen LogP) is 27.1. The van der Waals surface area contributed by atoms with E-state index in [9.17, 15) is 0 Å². The summed E-state index contributed by atoms with van der Waals surface area (Å²) < 4.78 is 5.17. The summed E-state index contributed by atoms with van der Waals surface area (Å²) in [6, 6.07) is 94.2. The van der Waals surface area contributed by atoms with Gasteiger partial charge in [-0.2, -0.15) is 0 Å². The summed E-state index contributed by atoms with van der Waals surface area (Å²) in [5.74, 6) is 0.711. The monoisotopic (exact) mass is 1550 g/mol. The summed E-state index contributed by atoms with van der Waals surface area (Å²) in [5, 5.41) is 2.48. The molecule has 0 unspecified atom stereocenters. The van der Waals surface area contributed by atoms with Gasteiger partial charge in [0.2, 0.25) is 0 Å². The van der Waals surface area contributed by atoms with E-state index in [1.165, 1.54) is 85.2 Å². The smallest absolute Gasteiger partial charge is 0.264 e. The fraction of sp³-hybridized carbons (Fsp3) is 0.226. The first-order chi connectivity index (χ1) is 55.7. The van der Waals surface area contributed by atoms with Gasteiger partial charge >= 0.3 is 0 Å². The fourth-order valence-corrected chi connectivity index (χ4v) is 20.3. The highest BCUT2D eigenvalue weighted by Crippen LogP contribution is 2.55. The zero-order valence-electron chi connectivity index (χ0n) is 70.7. The number of allylic oxidation sites excluding steroid dienone is 10. The number of thiophene rings is 2. The number of rotatable bonds is 16. The Morgan fingerprint density at radius 2 is 0.647 bits per heavy atom. The van der Waals surface area contributed by atoms with Gasteiger partial charge in [0.1, 0.15) is 0 Å². The van der Waals surface area contributed by atoms with E-state index >= 15 is 0 Å². The molecular formula is C106H106B2N6S2. The van der Waals surface area contributed by atoms with E-state index in [4.69, 9.17) is 0 Å². The van der Waals surface area contributed by atoms with Gasteiger partial charge in [0.25, 0.3) is 13.4 Å². The molecule has 17 rings (SSSR count). The molecule has 116 heavy (non-hydrogen) atoms. The van der Waals surface area contributed by atoms with E-state index in [0.29, 0.717) is 11.8 Å². The lowest BCUT2D eigenvalue weighted by atomic mass is 9.32. The SMILES string of the molecule is C\C=C/C(=C\C=C\C(C)C)N(c1ccc(C(C)(C)C)cc1)c1cc2c3c(c1)N(c1ccc(C(C)(C)C)cc1)c1c(sc4ccccc14)B3c1cc3c(cc1N2c1ccccc1)N(c1ccccc1)c1cc(N(C(/C=C\C)=C/C=C/C(C)C)c2ccc(C(C)(C)C)cc2)cc2c1B3c1sc3ccccc3c1N2c1ccc(C(C)(C)C)cc1. The van der Waals surface area contributed by atoms with Crippen molar-refractivity contribution in [1.29, 1.82) is 0 Å². The summed E-state index contributed by atoms with van der Waals surface area (Å²) >= 11 is 3.92. The third-order valence-corrected chi connectivity index (χ3v) is 25.9. The molecule has 0 atom stereocenters. The molecule has 13 aromatic rings. The summed E-state index contributed by atoms with van der Waals surface area (Å²) in [6.45, 7) is 40.6. The van der Waals surface area contributed by atoms with Crippen LogP contribution in [0.2, 0.25) is 0 Å². The van der Waals surface area contributed by atoms with Crippen molar-refractivity contribution in [3.8, 4) is 0 Å². The number of para-hydroxylation sites is 2. The Morgan fingerprint density at radius 1 is 0.336 bits per heavy atom. The molecule has 0 saturated carbocycles. The van der Waals surface area contributed by atoms with Crippen LogP contribution in [0.3, 0.4) is 0 Å². The Hall–Kier alpha value is -11.3. The van der Waals surface area contributed by atoms with Crippen LogP contribution < -0.4 is 60.8 Å². The van der Waals surface area contributed by atoms with Gasteiger partial charge in [-0.1, -0.05) is 275 Å². The molecule has 6 nitrogen and oxygen atoms in total. The van der Waals surface area contributed by atoms with E-state index in [1.807, 2.05) is 22.7 Å². The molecule has 4 aliphatic rings. The van der Waals surface area contributed by atoms with Gasteiger partial charge in [0.15, 0.2) is 0 Å². The van der Waals surface area contributed by atoms with Gasteiger partial charge in [-0.05, 0) is 231 Å². The maximum atomic E-state index is 2.71. The highest BCUT2D eigenvalue weighted by atomic mass is 32.1. The number of nitrogens with zero attached hydrogens (tertiary/aromatic N) is 6. The zero-order valence-corrected chi connectivity index (χ0v) is 72.3. The van der Waals surface area contributed by atoms with Crippen LogP contribution in [0.5, 0.6) is 0 Å². The molecule has 6 heterocycles. The highest BCUT2D eigenvalue weighted by Gasteiger charge is 2.51. The number of hydrogen-bond acceptors (Lipinski definition) is 8. The average Bonchev–Trinajstić information content (AvgIpc) is 1.24. The highest BCUT2D eigenvalue weighted by molar-refractivity contribution is 7.35. The summed E-state index contributed by atoms with van der Waals surface area (Å²) in [7, 11) is 0. The Morgan fingerprint density at radius 3 is 0.974 bits per heavy atom. The van der Waals surface area contributed by atoms with E-state index in [1.54, 1.807) is 0 Å². The predicted molar refractivity (Wildman–Crippen MR) is 511 cm³/mol. The maximum absolute atomic E-state index is 2.71. The largest absolute Gasteiger partial charge is 0.311 e. The Balaban J connectivity index is 1.02. The third-order valence-electron chi connectivity index (χ3n) is 23.5. The van der Waals surface area contributed by atoms with Crippen LogP contribution >= 0.6 is 22.7 Å². The van der Waals surface area contributed by atoms with Crippen LogP contribution in [0, 0.1) is 11.8 Å². The molecule has 0 spiro atoms. The Labute approximate surface area is 698 Å². The van der Waals surface area contributed by atoms with Gasteiger partial charge in [-0.25, -0.2) is 0 Å². The molecule has 2 aromatic heterocycles. The van der Waals surface area contributed by atoms with Crippen molar-refractivity contribution in [2.75, 3.05) is 29.4 Å². The minimum atomic E-state index is -0.220. The second-order valence-corrected chi connectivity index (χ2v) is 38.7. The van der Waals surface area contributed by atoms with Crippen molar-refractivity contribution >= 4 is 179 Å². The summed E-state index contributed by atoms with van der Waals surface area (Å²) in [5.41, 5.74) is 30.0. The van der Waals surface area contributed by atoms with Gasteiger partial charge in [0, 0.05) is 109 Å². The normalized spacial score (nSPS) is 14.3. The van der Waals surface area contributed by atoms with Crippen LogP contribution in [0.25, 0.3) is 20.2 Å².